The topological polar surface area (TPSA) is 563 Å². The fraction of sp³-hybridized carbons (Fsp3) is 0.733. The van der Waals surface area contributed by atoms with E-state index in [1.165, 1.54) is 0 Å². The molecule has 1 heterocycles. The summed E-state index contributed by atoms with van der Waals surface area (Å²) in [6, 6.07) is -16.9. The minimum absolute atomic E-state index is 0.00567. The van der Waals surface area contributed by atoms with Gasteiger partial charge in [0.05, 0.1) is 12.5 Å². The monoisotopic (exact) mass is 1400 g/mol. The number of primary amides is 2. The summed E-state index contributed by atoms with van der Waals surface area (Å²) < 4.78 is 0. The van der Waals surface area contributed by atoms with E-state index in [1.54, 1.807) is 69.2 Å². The molecule has 22 N–H and O–H groups in total. The first-order valence-corrected chi connectivity index (χ1v) is 33.4. The predicted molar refractivity (Wildman–Crippen MR) is 359 cm³/mol. The molecule has 1 aliphatic heterocycles. The number of carboxylic acid groups (broad SMARTS) is 2. The molecule has 0 aromatic carbocycles. The Morgan fingerprint density at radius 2 is 0.854 bits per heavy atom. The zero-order valence-electron chi connectivity index (χ0n) is 56.5. The predicted octanol–water partition coefficient (Wildman–Crippen LogP) is -4.00. The molecule has 34 nitrogen and oxygen atoms in total. The van der Waals surface area contributed by atoms with Crippen molar-refractivity contribution >= 4 is 120 Å². The Balaban J connectivity index is 3.59. The molecule has 36 heteroatoms. The van der Waals surface area contributed by atoms with E-state index in [4.69, 9.17) is 28.7 Å². The van der Waals surface area contributed by atoms with Crippen LogP contribution >= 0.6 is 25.3 Å². The number of aliphatic imine (C=N–C) groups is 1. The van der Waals surface area contributed by atoms with Crippen molar-refractivity contribution in [1.82, 2.24) is 58.1 Å². The number of carbonyl (C=O) groups excluding carboxylic acids is 13. The minimum atomic E-state index is -1.86. The van der Waals surface area contributed by atoms with Crippen LogP contribution in [0.5, 0.6) is 0 Å². The number of carboxylic acids is 2. The van der Waals surface area contributed by atoms with Gasteiger partial charge in [0.15, 0.2) is 5.96 Å². The molecule has 0 bridgehead atoms. The van der Waals surface area contributed by atoms with Gasteiger partial charge in [-0.1, -0.05) is 69.2 Å². The van der Waals surface area contributed by atoms with Crippen LogP contribution in [0, 0.1) is 29.6 Å². The Morgan fingerprint density at radius 1 is 0.469 bits per heavy atom. The van der Waals surface area contributed by atoms with Crippen LogP contribution in [-0.4, -0.2) is 207 Å². The maximum absolute atomic E-state index is 14.7. The lowest BCUT2D eigenvalue weighted by atomic mass is 9.98. The third-order valence-corrected chi connectivity index (χ3v) is 15.7. The maximum Gasteiger partial charge on any atom is 0.326 e. The molecular weight excluding hydrogens is 1290 g/mol. The van der Waals surface area contributed by atoms with E-state index in [0.29, 0.717) is 0 Å². The normalized spacial score (nSPS) is 16.4. The first-order valence-electron chi connectivity index (χ1n) is 32.1. The second-order valence-electron chi connectivity index (χ2n) is 25.9. The highest BCUT2D eigenvalue weighted by molar-refractivity contribution is 7.80. The molecule has 12 atom stereocenters. The van der Waals surface area contributed by atoms with Crippen LogP contribution in [-0.2, 0) is 71.9 Å². The quantitative estimate of drug-likeness (QED) is 0.0120. The van der Waals surface area contributed by atoms with E-state index in [9.17, 15) is 82.1 Å². The van der Waals surface area contributed by atoms with Crippen molar-refractivity contribution in [3.63, 3.8) is 0 Å². The van der Waals surface area contributed by atoms with E-state index in [0.717, 1.165) is 4.90 Å². The van der Waals surface area contributed by atoms with Crippen molar-refractivity contribution in [3.05, 3.63) is 0 Å². The van der Waals surface area contributed by atoms with Crippen molar-refractivity contribution < 1.29 is 82.1 Å². The van der Waals surface area contributed by atoms with Crippen molar-refractivity contribution in [2.45, 2.75) is 225 Å². The summed E-state index contributed by atoms with van der Waals surface area (Å²) >= 11 is 8.17. The van der Waals surface area contributed by atoms with Gasteiger partial charge in [0, 0.05) is 37.4 Å². The summed E-state index contributed by atoms with van der Waals surface area (Å²) in [4.78, 5) is 206. The smallest absolute Gasteiger partial charge is 0.326 e. The minimum Gasteiger partial charge on any atom is -0.481 e. The molecule has 544 valence electrons. The average molecular weight is 1400 g/mol. The molecule has 0 unspecified atom stereocenters. The summed E-state index contributed by atoms with van der Waals surface area (Å²) in [6.45, 7) is 17.1. The summed E-state index contributed by atoms with van der Waals surface area (Å²) in [5.41, 5.74) is 27.4. The highest BCUT2D eigenvalue weighted by atomic mass is 32.1. The number of nitrogens with one attached hydrogen (secondary N) is 10. The number of likely N-dealkylation sites (tertiary alicyclic amines) is 1. The summed E-state index contributed by atoms with van der Waals surface area (Å²) in [6.07, 6.45) is -2.11. The van der Waals surface area contributed by atoms with Crippen molar-refractivity contribution in [1.29, 1.82) is 0 Å². The van der Waals surface area contributed by atoms with Crippen LogP contribution in [0.15, 0.2) is 4.99 Å². The van der Waals surface area contributed by atoms with Crippen LogP contribution in [0.4, 0.5) is 0 Å². The number of nitrogens with two attached hydrogens (primary N) is 5. The Kier molecular flexibility index (Phi) is 38.7. The molecular formula is C60H105N17O17S2. The molecule has 0 aromatic heterocycles. The van der Waals surface area contributed by atoms with Crippen LogP contribution < -0.4 is 81.8 Å². The van der Waals surface area contributed by atoms with Gasteiger partial charge in [0.1, 0.15) is 66.5 Å². The molecule has 13 amide bonds. The van der Waals surface area contributed by atoms with E-state index < -0.39 is 174 Å². The van der Waals surface area contributed by atoms with Crippen LogP contribution in [0.2, 0.25) is 0 Å². The van der Waals surface area contributed by atoms with Crippen molar-refractivity contribution in [2.75, 3.05) is 24.6 Å². The number of thiol groups is 2. The van der Waals surface area contributed by atoms with E-state index in [-0.39, 0.29) is 131 Å². The van der Waals surface area contributed by atoms with E-state index >= 15 is 0 Å². The van der Waals surface area contributed by atoms with Gasteiger partial charge in [-0.2, -0.15) is 25.3 Å². The SMILES string of the molecule is CC(C)C[C@H](NC(=O)[C@H](CC(C)C)NC(=O)[C@H](CC(C)C)NC(=O)[C@H](CC(=O)O)NC(=O)[C@@H]1CCCN1C(=O)[C@H](CCCN=C(N)N)NC(=O)[C@@H](NC(=O)[C@H](CC(C)C)NC(=O)[C@H](CCC(N)=O)NC(=O)[C@@H](N)CS)C(C)C)C(=O)N[C@@H](CS)C(=O)N[C@@H](CCC(N)=O)C(=O)O. The molecule has 0 radical (unpaired) electrons. The fourth-order valence-electron chi connectivity index (χ4n) is 10.1. The summed E-state index contributed by atoms with van der Waals surface area (Å²) in [5.74, 6) is -16.7. The highest BCUT2D eigenvalue weighted by Crippen LogP contribution is 2.22. The number of guanidine groups is 1. The number of hydrogen-bond acceptors (Lipinski definition) is 19. The lowest BCUT2D eigenvalue weighted by molar-refractivity contribution is -0.144. The number of amides is 13. The number of rotatable bonds is 45. The van der Waals surface area contributed by atoms with Gasteiger partial charge in [0.25, 0.3) is 0 Å². The third kappa shape index (κ3) is 32.1. The number of aliphatic carboxylic acids is 2. The number of carbonyl (C=O) groups is 15. The highest BCUT2D eigenvalue weighted by Gasteiger charge is 2.42. The molecule has 0 aromatic rings. The van der Waals surface area contributed by atoms with Crippen LogP contribution in [0.25, 0.3) is 0 Å². The van der Waals surface area contributed by atoms with Gasteiger partial charge in [-0.05, 0) is 93.8 Å². The lowest BCUT2D eigenvalue weighted by Gasteiger charge is -2.32. The lowest BCUT2D eigenvalue weighted by Crippen LogP contribution is -2.61. The molecule has 1 rings (SSSR count). The maximum atomic E-state index is 14.7. The van der Waals surface area contributed by atoms with Crippen molar-refractivity contribution in [3.8, 4) is 0 Å². The summed E-state index contributed by atoms with van der Waals surface area (Å²) in [7, 11) is 0. The van der Waals surface area contributed by atoms with Gasteiger partial charge in [0.2, 0.25) is 76.8 Å². The molecule has 96 heavy (non-hydrogen) atoms. The largest absolute Gasteiger partial charge is 0.481 e. The fourth-order valence-corrected chi connectivity index (χ4v) is 10.5. The second kappa shape index (κ2) is 43.2. The van der Waals surface area contributed by atoms with E-state index in [2.05, 4.69) is 83.4 Å². The van der Waals surface area contributed by atoms with Gasteiger partial charge in [-0.3, -0.25) is 72.1 Å². The Labute approximate surface area is 570 Å². The first kappa shape index (κ1) is 86.0. The van der Waals surface area contributed by atoms with Crippen molar-refractivity contribution in [2.24, 2.45) is 63.3 Å². The van der Waals surface area contributed by atoms with Gasteiger partial charge in [-0.15, -0.1) is 0 Å². The molecule has 1 fully saturated rings. The molecule has 0 saturated carbocycles. The Hall–Kier alpha value is -8.02. The molecule has 1 aliphatic rings. The zero-order valence-corrected chi connectivity index (χ0v) is 58.3. The van der Waals surface area contributed by atoms with Gasteiger partial charge in [-0.25, -0.2) is 4.79 Å². The second-order valence-corrected chi connectivity index (χ2v) is 26.6. The zero-order chi connectivity index (χ0) is 73.4. The molecule has 0 spiro atoms. The standard InChI is InChI=1S/C60H105N17O17S2/c1-28(2)21-37(50(84)72-39(23-30(5)6)52(86)75-42(27-96)55(89)69-36(59(93)94)16-18-45(63)79)71-51(85)38(22-29(3)4)73-53(87)41(25-46(80)81)74-56(90)43-14-12-20-77(43)58(92)35(13-11-19-66-60(64)65)68-57(91)47(32(9)10)76-54(88)40(24-31(7)8)70-49(83)34(15-17-44(62)78)67-48(82)33(61)26-95/h28-43,47,95-96H,11-27,61H2,1-10H3,(H2,62,78)(H2,63,79)(H,67,82)(H,68,91)(H,69,89)(H,70,83)(H,71,85)(H,72,84)(H,73,87)(H,74,90)(H,75,86)(H,76,88)(H,80,81)(H,93,94)(H4,64,65,66)/t33-,34-,35-,36-,37-,38-,39-,40-,41-,42-,43-,47-/m0/s1. The van der Waals surface area contributed by atoms with Crippen LogP contribution in [0.3, 0.4) is 0 Å². The number of hydrogen-bond donors (Lipinski definition) is 19. The number of nitrogens with zero attached hydrogens (tertiary/aromatic N) is 2. The van der Waals surface area contributed by atoms with Crippen LogP contribution in [0.1, 0.15) is 153 Å². The Bertz CT molecular complexity index is 2740. The van der Waals surface area contributed by atoms with Gasteiger partial charge >= 0.3 is 11.9 Å². The van der Waals surface area contributed by atoms with E-state index in [1.807, 2.05) is 0 Å². The first-order chi connectivity index (χ1) is 44.7. The van der Waals surface area contributed by atoms with Gasteiger partial charge < -0.3 is 96.9 Å². The third-order valence-electron chi connectivity index (χ3n) is 15.0. The average Bonchev–Trinajstić information content (AvgIpc) is 1.57. The molecule has 0 aliphatic carbocycles. The summed E-state index contributed by atoms with van der Waals surface area (Å²) in [5, 5.41) is 45.1. The Morgan fingerprint density at radius 3 is 1.25 bits per heavy atom. The molecule has 1 saturated heterocycles.